The number of hydrogen-bond donors (Lipinski definition) is 1. The monoisotopic (exact) mass is 298 g/mol. The van der Waals surface area contributed by atoms with Gasteiger partial charge in [-0.1, -0.05) is 29.3 Å². The van der Waals surface area contributed by atoms with Crippen molar-refractivity contribution in [1.82, 2.24) is 10.2 Å². The highest BCUT2D eigenvalue weighted by atomic mass is 35.5. The second kappa shape index (κ2) is 4.97. The third-order valence-corrected chi connectivity index (χ3v) is 5.02. The van der Waals surface area contributed by atoms with Crippen molar-refractivity contribution >= 4 is 29.1 Å². The van der Waals surface area contributed by atoms with Gasteiger partial charge in [0.05, 0.1) is 15.6 Å². The first-order chi connectivity index (χ1) is 9.09. The fourth-order valence-corrected chi connectivity index (χ4v) is 3.70. The van der Waals surface area contributed by atoms with Crippen LogP contribution in [0.25, 0.3) is 0 Å². The molecule has 1 aromatic rings. The molecule has 5 heteroatoms. The minimum Gasteiger partial charge on any atom is -0.331 e. The normalized spacial score (nSPS) is 29.6. The Balaban J connectivity index is 1.93. The molecule has 102 valence electrons. The molecule has 3 nitrogen and oxygen atoms in total. The van der Waals surface area contributed by atoms with E-state index in [9.17, 15) is 4.79 Å². The first-order valence-corrected chi connectivity index (χ1v) is 7.32. The maximum absolute atomic E-state index is 12.7. The number of likely N-dealkylation sites (tertiary alicyclic amines) is 1. The molecule has 0 radical (unpaired) electrons. The van der Waals surface area contributed by atoms with Crippen molar-refractivity contribution in [2.45, 2.75) is 25.4 Å². The van der Waals surface area contributed by atoms with Gasteiger partial charge < -0.3 is 10.2 Å². The highest BCUT2D eigenvalue weighted by Crippen LogP contribution is 2.35. The lowest BCUT2D eigenvalue weighted by Crippen LogP contribution is -2.42. The zero-order valence-corrected chi connectivity index (χ0v) is 12.2. The average Bonchev–Trinajstić information content (AvgIpc) is 2.91. The van der Waals surface area contributed by atoms with Gasteiger partial charge in [0.2, 0.25) is 0 Å². The summed E-state index contributed by atoms with van der Waals surface area (Å²) in [6, 6.07) is 5.77. The van der Waals surface area contributed by atoms with Crippen molar-refractivity contribution in [2.24, 2.45) is 5.92 Å². The number of halogens is 2. The highest BCUT2D eigenvalue weighted by Gasteiger charge is 2.44. The van der Waals surface area contributed by atoms with Crippen molar-refractivity contribution in [3.63, 3.8) is 0 Å². The maximum Gasteiger partial charge on any atom is 0.255 e. The summed E-state index contributed by atoms with van der Waals surface area (Å²) in [5, 5.41) is 4.14. The molecule has 1 N–H and O–H groups in total. The summed E-state index contributed by atoms with van der Waals surface area (Å²) < 4.78 is 0. The molecule has 0 spiro atoms. The molecule has 19 heavy (non-hydrogen) atoms. The van der Waals surface area contributed by atoms with Gasteiger partial charge >= 0.3 is 0 Å². The molecular formula is C14H16Cl2N2O. The van der Waals surface area contributed by atoms with Gasteiger partial charge in [-0.15, -0.1) is 0 Å². The summed E-state index contributed by atoms with van der Waals surface area (Å²) in [5.41, 5.74) is 0.508. The van der Waals surface area contributed by atoms with E-state index >= 15 is 0 Å². The van der Waals surface area contributed by atoms with Crippen LogP contribution in [0.2, 0.25) is 10.0 Å². The van der Waals surface area contributed by atoms with E-state index in [4.69, 9.17) is 23.2 Å². The minimum absolute atomic E-state index is 0.00352. The Bertz CT molecular complexity index is 520. The molecule has 3 unspecified atom stereocenters. The maximum atomic E-state index is 12.7. The number of nitrogens with zero attached hydrogens (tertiary/aromatic N) is 1. The van der Waals surface area contributed by atoms with Gasteiger partial charge in [0.1, 0.15) is 0 Å². The van der Waals surface area contributed by atoms with Crippen LogP contribution in [0.15, 0.2) is 18.2 Å². The first-order valence-electron chi connectivity index (χ1n) is 6.57. The van der Waals surface area contributed by atoms with Gasteiger partial charge in [-0.3, -0.25) is 4.79 Å². The van der Waals surface area contributed by atoms with Crippen molar-refractivity contribution in [1.29, 1.82) is 0 Å². The molecule has 2 fully saturated rings. The van der Waals surface area contributed by atoms with Crippen LogP contribution in [0.5, 0.6) is 0 Å². The summed E-state index contributed by atoms with van der Waals surface area (Å²) in [6.07, 6.45) is 1.06. The third-order valence-electron chi connectivity index (χ3n) is 4.20. The number of rotatable bonds is 1. The van der Waals surface area contributed by atoms with Crippen LogP contribution in [0.4, 0.5) is 0 Å². The van der Waals surface area contributed by atoms with E-state index in [0.717, 1.165) is 19.5 Å². The van der Waals surface area contributed by atoms with Crippen LogP contribution in [0.1, 0.15) is 23.7 Å². The smallest absolute Gasteiger partial charge is 0.255 e. The second-order valence-electron chi connectivity index (χ2n) is 5.38. The number of carbonyl (C=O) groups excluding carboxylic acids is 1. The van der Waals surface area contributed by atoms with Crippen molar-refractivity contribution in [3.05, 3.63) is 33.8 Å². The highest BCUT2D eigenvalue weighted by molar-refractivity contribution is 6.43. The quantitative estimate of drug-likeness (QED) is 0.865. The SMILES string of the molecule is CC1CC2CNCC2N1C(=O)c1cccc(Cl)c1Cl. The van der Waals surface area contributed by atoms with Gasteiger partial charge in [-0.25, -0.2) is 0 Å². The van der Waals surface area contributed by atoms with Crippen LogP contribution < -0.4 is 5.32 Å². The van der Waals surface area contributed by atoms with E-state index < -0.39 is 0 Å². The van der Waals surface area contributed by atoms with E-state index in [1.165, 1.54) is 0 Å². The fraction of sp³-hybridized carbons (Fsp3) is 0.500. The Labute approximate surface area is 122 Å². The molecule has 2 aliphatic rings. The van der Waals surface area contributed by atoms with E-state index in [1.54, 1.807) is 18.2 Å². The Morgan fingerprint density at radius 2 is 2.16 bits per heavy atom. The molecule has 2 heterocycles. The van der Waals surface area contributed by atoms with E-state index in [1.807, 2.05) is 4.90 Å². The molecular weight excluding hydrogens is 283 g/mol. The summed E-state index contributed by atoms with van der Waals surface area (Å²) in [4.78, 5) is 14.7. The number of fused-ring (bicyclic) bond motifs is 1. The number of carbonyl (C=O) groups is 1. The lowest BCUT2D eigenvalue weighted by Gasteiger charge is -2.28. The Morgan fingerprint density at radius 1 is 1.37 bits per heavy atom. The predicted octanol–water partition coefficient (Wildman–Crippen LogP) is 2.82. The van der Waals surface area contributed by atoms with Crippen molar-refractivity contribution in [3.8, 4) is 0 Å². The minimum atomic E-state index is -0.00352. The summed E-state index contributed by atoms with van der Waals surface area (Å²) in [6.45, 7) is 3.98. The standard InChI is InChI=1S/C14H16Cl2N2O/c1-8-5-9-6-17-7-12(9)18(8)14(19)10-3-2-4-11(15)13(10)16/h2-4,8-9,12,17H,5-7H2,1H3. The Hall–Kier alpha value is -0.770. The summed E-state index contributed by atoms with van der Waals surface area (Å²) >= 11 is 12.2. The zero-order chi connectivity index (χ0) is 13.6. The van der Waals surface area contributed by atoms with E-state index in [-0.39, 0.29) is 18.0 Å². The molecule has 0 aromatic heterocycles. The van der Waals surface area contributed by atoms with Gasteiger partial charge in [0.25, 0.3) is 5.91 Å². The van der Waals surface area contributed by atoms with E-state index in [2.05, 4.69) is 12.2 Å². The van der Waals surface area contributed by atoms with Crippen LogP contribution in [0, 0.1) is 5.92 Å². The zero-order valence-electron chi connectivity index (χ0n) is 10.7. The van der Waals surface area contributed by atoms with Crippen molar-refractivity contribution < 1.29 is 4.79 Å². The predicted molar refractivity (Wildman–Crippen MR) is 76.9 cm³/mol. The largest absolute Gasteiger partial charge is 0.331 e. The number of hydrogen-bond acceptors (Lipinski definition) is 2. The van der Waals surface area contributed by atoms with E-state index in [0.29, 0.717) is 21.5 Å². The first kappa shape index (κ1) is 13.2. The van der Waals surface area contributed by atoms with Gasteiger partial charge in [0, 0.05) is 25.2 Å². The molecule has 3 rings (SSSR count). The average molecular weight is 299 g/mol. The molecule has 2 aliphatic heterocycles. The second-order valence-corrected chi connectivity index (χ2v) is 6.17. The van der Waals surface area contributed by atoms with Crippen LogP contribution in [0.3, 0.4) is 0 Å². The van der Waals surface area contributed by atoms with Gasteiger partial charge in [-0.05, 0) is 31.4 Å². The lowest BCUT2D eigenvalue weighted by molar-refractivity contribution is 0.0682. The molecule has 1 amide bonds. The van der Waals surface area contributed by atoms with Crippen LogP contribution in [-0.4, -0.2) is 36.0 Å². The summed E-state index contributed by atoms with van der Waals surface area (Å²) in [5.74, 6) is 0.563. The van der Waals surface area contributed by atoms with Gasteiger partial charge in [0.15, 0.2) is 0 Å². The molecule has 0 bridgehead atoms. The van der Waals surface area contributed by atoms with Crippen molar-refractivity contribution in [2.75, 3.05) is 13.1 Å². The number of amides is 1. The molecule has 1 aromatic carbocycles. The molecule has 2 saturated heterocycles. The molecule has 0 saturated carbocycles. The number of nitrogens with one attached hydrogen (secondary N) is 1. The fourth-order valence-electron chi connectivity index (χ4n) is 3.32. The molecule has 0 aliphatic carbocycles. The Morgan fingerprint density at radius 3 is 2.95 bits per heavy atom. The van der Waals surface area contributed by atoms with Crippen LogP contribution >= 0.6 is 23.2 Å². The topological polar surface area (TPSA) is 32.3 Å². The van der Waals surface area contributed by atoms with Gasteiger partial charge in [-0.2, -0.15) is 0 Å². The lowest BCUT2D eigenvalue weighted by atomic mass is 10.0. The molecule has 3 atom stereocenters. The number of benzene rings is 1. The van der Waals surface area contributed by atoms with Crippen LogP contribution in [-0.2, 0) is 0 Å². The Kier molecular flexibility index (Phi) is 3.46. The third kappa shape index (κ3) is 2.14. The summed E-state index contributed by atoms with van der Waals surface area (Å²) in [7, 11) is 0.